The van der Waals surface area contributed by atoms with E-state index in [0.29, 0.717) is 6.54 Å². The molecule has 1 atom stereocenters. The predicted molar refractivity (Wildman–Crippen MR) is 74.3 cm³/mol. The molecule has 1 aromatic carbocycles. The summed E-state index contributed by atoms with van der Waals surface area (Å²) in [6.07, 6.45) is 0.769. The molecule has 6 heteroatoms. The van der Waals surface area contributed by atoms with Crippen molar-refractivity contribution in [2.24, 2.45) is 5.73 Å². The number of phenolic OH excluding ortho intramolecular Hbond substituents is 1. The van der Waals surface area contributed by atoms with Crippen LogP contribution >= 0.6 is 0 Å². The smallest absolute Gasteiger partial charge is 0.258 e. The Balaban J connectivity index is 2.29. The molecule has 2 rings (SSSR count). The van der Waals surface area contributed by atoms with Crippen LogP contribution in [0.5, 0.6) is 5.75 Å². The standard InChI is InChI=1S/C14H19N3O3/c1-9-2-3-12(18)11(6-9)14(20)17(8-13(15)19)10-4-5-16-7-10/h2-3,6,10,16,18H,4-5,7-8H2,1H3,(H2,15,19). The molecule has 0 saturated carbocycles. The molecule has 0 radical (unpaired) electrons. The van der Waals surface area contributed by atoms with Crippen LogP contribution in [0.25, 0.3) is 0 Å². The molecule has 1 aromatic rings. The van der Waals surface area contributed by atoms with Crippen LogP contribution in [0.15, 0.2) is 18.2 Å². The average Bonchev–Trinajstić information content (AvgIpc) is 2.91. The van der Waals surface area contributed by atoms with E-state index >= 15 is 0 Å². The van der Waals surface area contributed by atoms with E-state index in [1.807, 2.05) is 6.92 Å². The minimum atomic E-state index is -0.558. The molecule has 0 spiro atoms. The van der Waals surface area contributed by atoms with Gasteiger partial charge in [0, 0.05) is 12.6 Å². The Morgan fingerprint density at radius 3 is 2.85 bits per heavy atom. The second-order valence-electron chi connectivity index (χ2n) is 5.07. The Morgan fingerprint density at radius 2 is 2.25 bits per heavy atom. The minimum absolute atomic E-state index is 0.0742. The molecule has 0 aliphatic carbocycles. The molecule has 1 heterocycles. The number of phenols is 1. The first-order valence-corrected chi connectivity index (χ1v) is 6.58. The van der Waals surface area contributed by atoms with Gasteiger partial charge in [0.25, 0.3) is 5.91 Å². The number of benzene rings is 1. The summed E-state index contributed by atoms with van der Waals surface area (Å²) in [5.74, 6) is -1.00. The van der Waals surface area contributed by atoms with Crippen LogP contribution in [-0.4, -0.2) is 47.5 Å². The van der Waals surface area contributed by atoms with Crippen LogP contribution in [0.4, 0.5) is 0 Å². The van der Waals surface area contributed by atoms with Crippen LogP contribution in [0.2, 0.25) is 0 Å². The fourth-order valence-electron chi connectivity index (χ4n) is 2.42. The van der Waals surface area contributed by atoms with Gasteiger partial charge in [0.05, 0.1) is 12.1 Å². The highest BCUT2D eigenvalue weighted by molar-refractivity contribution is 5.99. The lowest BCUT2D eigenvalue weighted by atomic mass is 10.1. The maximum Gasteiger partial charge on any atom is 0.258 e. The van der Waals surface area contributed by atoms with Crippen molar-refractivity contribution in [3.05, 3.63) is 29.3 Å². The maximum absolute atomic E-state index is 12.6. The summed E-state index contributed by atoms with van der Waals surface area (Å²) in [4.78, 5) is 25.2. The molecular formula is C14H19N3O3. The predicted octanol–water partition coefficient (Wildman–Crippen LogP) is -0.00998. The molecule has 1 unspecified atom stereocenters. The molecule has 4 N–H and O–H groups in total. The Labute approximate surface area is 117 Å². The third-order valence-corrected chi connectivity index (χ3v) is 3.44. The number of amides is 2. The third-order valence-electron chi connectivity index (χ3n) is 3.44. The van der Waals surface area contributed by atoms with E-state index in [1.54, 1.807) is 12.1 Å². The summed E-state index contributed by atoms with van der Waals surface area (Å²) in [6, 6.07) is 4.75. The highest BCUT2D eigenvalue weighted by Gasteiger charge is 2.29. The molecule has 1 aliphatic rings. The molecule has 1 saturated heterocycles. The number of carbonyl (C=O) groups excluding carboxylic acids is 2. The summed E-state index contributed by atoms with van der Waals surface area (Å²) in [5.41, 5.74) is 6.31. The van der Waals surface area contributed by atoms with E-state index in [1.165, 1.54) is 11.0 Å². The fourth-order valence-corrected chi connectivity index (χ4v) is 2.42. The van der Waals surface area contributed by atoms with Gasteiger partial charge < -0.3 is 21.1 Å². The van der Waals surface area contributed by atoms with E-state index in [-0.39, 0.29) is 29.8 Å². The van der Waals surface area contributed by atoms with Gasteiger partial charge in [-0.05, 0) is 32.0 Å². The first-order valence-electron chi connectivity index (χ1n) is 6.58. The number of primary amides is 1. The first-order chi connectivity index (χ1) is 9.49. The fraction of sp³-hybridized carbons (Fsp3) is 0.429. The number of nitrogens with two attached hydrogens (primary N) is 1. The van der Waals surface area contributed by atoms with Gasteiger partial charge in [-0.3, -0.25) is 9.59 Å². The lowest BCUT2D eigenvalue weighted by Gasteiger charge is -2.27. The lowest BCUT2D eigenvalue weighted by Crippen LogP contribution is -2.46. The SMILES string of the molecule is Cc1ccc(O)c(C(=O)N(CC(N)=O)C2CCNC2)c1. The quantitative estimate of drug-likeness (QED) is 0.721. The molecule has 1 aliphatic heterocycles. The molecule has 0 aromatic heterocycles. The minimum Gasteiger partial charge on any atom is -0.507 e. The van der Waals surface area contributed by atoms with E-state index in [4.69, 9.17) is 5.73 Å². The zero-order valence-electron chi connectivity index (χ0n) is 11.4. The summed E-state index contributed by atoms with van der Waals surface area (Å²) < 4.78 is 0. The normalized spacial score (nSPS) is 17.9. The number of nitrogens with zero attached hydrogens (tertiary/aromatic N) is 1. The number of aryl methyl sites for hydroxylation is 1. The molecule has 20 heavy (non-hydrogen) atoms. The van der Waals surface area contributed by atoms with Crippen LogP contribution in [0.3, 0.4) is 0 Å². The van der Waals surface area contributed by atoms with Gasteiger partial charge in [-0.2, -0.15) is 0 Å². The van der Waals surface area contributed by atoms with E-state index in [2.05, 4.69) is 5.32 Å². The lowest BCUT2D eigenvalue weighted by molar-refractivity contribution is -0.119. The van der Waals surface area contributed by atoms with Crippen molar-refractivity contribution in [2.45, 2.75) is 19.4 Å². The number of carbonyl (C=O) groups is 2. The van der Waals surface area contributed by atoms with Crippen molar-refractivity contribution in [3.63, 3.8) is 0 Å². The van der Waals surface area contributed by atoms with Crippen molar-refractivity contribution in [1.82, 2.24) is 10.2 Å². The van der Waals surface area contributed by atoms with Gasteiger partial charge in [-0.1, -0.05) is 11.6 Å². The Kier molecular flexibility index (Phi) is 4.24. The summed E-state index contributed by atoms with van der Waals surface area (Å²) in [7, 11) is 0. The molecule has 1 fully saturated rings. The van der Waals surface area contributed by atoms with Crippen LogP contribution < -0.4 is 11.1 Å². The third kappa shape index (κ3) is 3.08. The van der Waals surface area contributed by atoms with Gasteiger partial charge in [-0.25, -0.2) is 0 Å². The summed E-state index contributed by atoms with van der Waals surface area (Å²) >= 11 is 0. The van der Waals surface area contributed by atoms with Gasteiger partial charge >= 0.3 is 0 Å². The Bertz CT molecular complexity index is 524. The van der Waals surface area contributed by atoms with Crippen molar-refractivity contribution in [1.29, 1.82) is 0 Å². The van der Waals surface area contributed by atoms with Crippen molar-refractivity contribution in [3.8, 4) is 5.75 Å². The first kappa shape index (κ1) is 14.3. The van der Waals surface area contributed by atoms with E-state index in [9.17, 15) is 14.7 Å². The van der Waals surface area contributed by atoms with Gasteiger partial charge in [0.1, 0.15) is 5.75 Å². The monoisotopic (exact) mass is 277 g/mol. The number of nitrogens with one attached hydrogen (secondary N) is 1. The number of hydrogen-bond donors (Lipinski definition) is 3. The topological polar surface area (TPSA) is 95.7 Å². The van der Waals surface area contributed by atoms with Gasteiger partial charge in [0.2, 0.25) is 5.91 Å². The maximum atomic E-state index is 12.6. The molecule has 2 amide bonds. The van der Waals surface area contributed by atoms with E-state index < -0.39 is 5.91 Å². The second-order valence-corrected chi connectivity index (χ2v) is 5.07. The number of rotatable bonds is 4. The zero-order chi connectivity index (χ0) is 14.7. The van der Waals surface area contributed by atoms with Crippen molar-refractivity contribution in [2.75, 3.05) is 19.6 Å². The highest BCUT2D eigenvalue weighted by Crippen LogP contribution is 2.22. The van der Waals surface area contributed by atoms with Crippen LogP contribution in [0.1, 0.15) is 22.3 Å². The van der Waals surface area contributed by atoms with Gasteiger partial charge in [-0.15, -0.1) is 0 Å². The zero-order valence-corrected chi connectivity index (χ0v) is 11.4. The second kappa shape index (κ2) is 5.92. The summed E-state index contributed by atoms with van der Waals surface area (Å²) in [6.45, 7) is 3.13. The largest absolute Gasteiger partial charge is 0.507 e. The summed E-state index contributed by atoms with van der Waals surface area (Å²) in [5, 5.41) is 13.0. The van der Waals surface area contributed by atoms with Gasteiger partial charge in [0.15, 0.2) is 0 Å². The number of aromatic hydroxyl groups is 1. The van der Waals surface area contributed by atoms with Crippen LogP contribution in [0, 0.1) is 6.92 Å². The average molecular weight is 277 g/mol. The molecule has 0 bridgehead atoms. The molecule has 6 nitrogen and oxygen atoms in total. The number of hydrogen-bond acceptors (Lipinski definition) is 4. The van der Waals surface area contributed by atoms with Crippen molar-refractivity contribution >= 4 is 11.8 Å². The van der Waals surface area contributed by atoms with Crippen molar-refractivity contribution < 1.29 is 14.7 Å². The molecule has 108 valence electrons. The Morgan fingerprint density at radius 1 is 1.50 bits per heavy atom. The highest BCUT2D eigenvalue weighted by atomic mass is 16.3. The molecular weight excluding hydrogens is 258 g/mol. The van der Waals surface area contributed by atoms with Crippen LogP contribution in [-0.2, 0) is 4.79 Å². The Hall–Kier alpha value is -2.08. The van der Waals surface area contributed by atoms with E-state index in [0.717, 1.165) is 18.5 Å².